The van der Waals surface area contributed by atoms with Gasteiger partial charge in [0.05, 0.1) is 5.69 Å². The number of benzene rings is 1. The van der Waals surface area contributed by atoms with Crippen LogP contribution in [0, 0.1) is 9.49 Å². The SMILES string of the molecule is CC(C)C1CN(c2cc(I)ccc2Br)CCN1. The van der Waals surface area contributed by atoms with E-state index in [9.17, 15) is 0 Å². The molecule has 0 saturated carbocycles. The highest BCUT2D eigenvalue weighted by atomic mass is 127. The number of rotatable bonds is 2. The van der Waals surface area contributed by atoms with E-state index in [0.29, 0.717) is 12.0 Å². The third-order valence-corrected chi connectivity index (χ3v) is 4.60. The second kappa shape index (κ2) is 5.89. The summed E-state index contributed by atoms with van der Waals surface area (Å²) in [6, 6.07) is 7.13. The Morgan fingerprint density at radius 2 is 2.24 bits per heavy atom. The maximum absolute atomic E-state index is 3.66. The average Bonchev–Trinajstić information content (AvgIpc) is 2.32. The van der Waals surface area contributed by atoms with Crippen molar-refractivity contribution in [1.29, 1.82) is 0 Å². The quantitative estimate of drug-likeness (QED) is 0.753. The fourth-order valence-corrected chi connectivity index (χ4v) is 3.14. The van der Waals surface area contributed by atoms with Crippen molar-refractivity contribution >= 4 is 44.2 Å². The molecule has 0 amide bonds. The van der Waals surface area contributed by atoms with Crippen LogP contribution < -0.4 is 10.2 Å². The Balaban J connectivity index is 2.18. The summed E-state index contributed by atoms with van der Waals surface area (Å²) in [6.07, 6.45) is 0. The van der Waals surface area contributed by atoms with Crippen molar-refractivity contribution in [2.45, 2.75) is 19.9 Å². The van der Waals surface area contributed by atoms with Gasteiger partial charge in [0.1, 0.15) is 0 Å². The van der Waals surface area contributed by atoms with Crippen LogP contribution in [0.4, 0.5) is 5.69 Å². The van der Waals surface area contributed by atoms with E-state index in [1.54, 1.807) is 0 Å². The maximum atomic E-state index is 3.66. The smallest absolute Gasteiger partial charge is 0.0522 e. The lowest BCUT2D eigenvalue weighted by Crippen LogP contribution is -2.53. The second-order valence-corrected chi connectivity index (χ2v) is 6.95. The first kappa shape index (κ1) is 13.6. The third kappa shape index (κ3) is 3.35. The van der Waals surface area contributed by atoms with Crippen LogP contribution in [0.1, 0.15) is 13.8 Å². The molecule has 2 nitrogen and oxygen atoms in total. The molecule has 4 heteroatoms. The number of nitrogens with one attached hydrogen (secondary N) is 1. The van der Waals surface area contributed by atoms with Gasteiger partial charge in [0.2, 0.25) is 0 Å². The molecule has 1 aromatic carbocycles. The fraction of sp³-hybridized carbons (Fsp3) is 0.538. The van der Waals surface area contributed by atoms with Crippen LogP contribution in [-0.4, -0.2) is 25.7 Å². The van der Waals surface area contributed by atoms with E-state index in [1.165, 1.54) is 13.7 Å². The van der Waals surface area contributed by atoms with Gasteiger partial charge in [-0.1, -0.05) is 13.8 Å². The van der Waals surface area contributed by atoms with E-state index < -0.39 is 0 Å². The van der Waals surface area contributed by atoms with Gasteiger partial charge in [-0.3, -0.25) is 0 Å². The first-order chi connectivity index (χ1) is 8.08. The van der Waals surface area contributed by atoms with Crippen molar-refractivity contribution in [3.05, 3.63) is 26.2 Å². The van der Waals surface area contributed by atoms with Crippen LogP contribution in [0.25, 0.3) is 0 Å². The van der Waals surface area contributed by atoms with Gasteiger partial charge in [0.25, 0.3) is 0 Å². The molecule has 17 heavy (non-hydrogen) atoms. The van der Waals surface area contributed by atoms with E-state index in [2.05, 4.69) is 80.8 Å². The van der Waals surface area contributed by atoms with Crippen molar-refractivity contribution in [1.82, 2.24) is 5.32 Å². The van der Waals surface area contributed by atoms with E-state index >= 15 is 0 Å². The Morgan fingerprint density at radius 3 is 2.94 bits per heavy atom. The summed E-state index contributed by atoms with van der Waals surface area (Å²) in [4.78, 5) is 2.48. The highest BCUT2D eigenvalue weighted by Gasteiger charge is 2.23. The van der Waals surface area contributed by atoms with Crippen molar-refractivity contribution in [3.63, 3.8) is 0 Å². The predicted molar refractivity (Wildman–Crippen MR) is 85.7 cm³/mol. The minimum Gasteiger partial charge on any atom is -0.368 e. The predicted octanol–water partition coefficient (Wildman–Crippen LogP) is 3.49. The van der Waals surface area contributed by atoms with Crippen molar-refractivity contribution in [2.24, 2.45) is 5.92 Å². The Hall–Kier alpha value is 0.190. The van der Waals surface area contributed by atoms with Crippen molar-refractivity contribution < 1.29 is 0 Å². The molecular weight excluding hydrogens is 391 g/mol. The number of nitrogens with zero attached hydrogens (tertiary/aromatic N) is 1. The molecule has 1 N–H and O–H groups in total. The molecule has 1 aliphatic rings. The monoisotopic (exact) mass is 408 g/mol. The highest BCUT2D eigenvalue weighted by molar-refractivity contribution is 14.1. The Kier molecular flexibility index (Phi) is 4.72. The topological polar surface area (TPSA) is 15.3 Å². The molecule has 1 heterocycles. The summed E-state index contributed by atoms with van der Waals surface area (Å²) in [5.74, 6) is 0.680. The lowest BCUT2D eigenvalue weighted by Gasteiger charge is -2.37. The molecule has 1 saturated heterocycles. The molecule has 94 valence electrons. The third-order valence-electron chi connectivity index (χ3n) is 3.26. The van der Waals surface area contributed by atoms with E-state index in [4.69, 9.17) is 0 Å². The maximum Gasteiger partial charge on any atom is 0.0522 e. The number of halogens is 2. The Labute approximate surface area is 125 Å². The summed E-state index contributed by atoms with van der Waals surface area (Å²) in [6.45, 7) is 7.81. The Morgan fingerprint density at radius 1 is 1.47 bits per heavy atom. The molecule has 1 fully saturated rings. The standard InChI is InChI=1S/C13H18BrIN2/c1-9(2)12-8-17(6-5-16-12)13-7-10(15)3-4-11(13)14/h3-4,7,9,12,16H,5-6,8H2,1-2H3. The fourth-order valence-electron chi connectivity index (χ4n) is 2.17. The molecular formula is C13H18BrIN2. The van der Waals surface area contributed by atoms with Gasteiger partial charge in [-0.2, -0.15) is 0 Å². The number of hydrogen-bond acceptors (Lipinski definition) is 2. The van der Waals surface area contributed by atoms with Gasteiger partial charge in [-0.15, -0.1) is 0 Å². The van der Waals surface area contributed by atoms with E-state index in [1.807, 2.05) is 0 Å². The van der Waals surface area contributed by atoms with Gasteiger partial charge in [0.15, 0.2) is 0 Å². The molecule has 1 unspecified atom stereocenters. The molecule has 1 aromatic rings. The van der Waals surface area contributed by atoms with Crippen LogP contribution in [0.2, 0.25) is 0 Å². The number of piperazine rings is 1. The van der Waals surface area contributed by atoms with Crippen LogP contribution in [0.3, 0.4) is 0 Å². The van der Waals surface area contributed by atoms with Crippen molar-refractivity contribution in [2.75, 3.05) is 24.5 Å². The summed E-state index contributed by atoms with van der Waals surface area (Å²) < 4.78 is 2.49. The molecule has 0 bridgehead atoms. The van der Waals surface area contributed by atoms with E-state index in [0.717, 1.165) is 19.6 Å². The zero-order chi connectivity index (χ0) is 12.4. The van der Waals surface area contributed by atoms with Crippen molar-refractivity contribution in [3.8, 4) is 0 Å². The molecule has 0 spiro atoms. The van der Waals surface area contributed by atoms with Gasteiger partial charge in [-0.05, 0) is 62.6 Å². The van der Waals surface area contributed by atoms with Crippen LogP contribution in [0.15, 0.2) is 22.7 Å². The molecule has 1 atom stereocenters. The van der Waals surface area contributed by atoms with Gasteiger partial charge < -0.3 is 10.2 Å². The van der Waals surface area contributed by atoms with Crippen LogP contribution in [-0.2, 0) is 0 Å². The van der Waals surface area contributed by atoms with E-state index in [-0.39, 0.29) is 0 Å². The lowest BCUT2D eigenvalue weighted by molar-refractivity contribution is 0.368. The number of anilines is 1. The summed E-state index contributed by atoms with van der Waals surface area (Å²) >= 11 is 6.03. The van der Waals surface area contributed by atoms with Crippen LogP contribution >= 0.6 is 38.5 Å². The zero-order valence-corrected chi connectivity index (χ0v) is 14.0. The highest BCUT2D eigenvalue weighted by Crippen LogP contribution is 2.29. The van der Waals surface area contributed by atoms with Gasteiger partial charge in [0, 0.05) is 33.7 Å². The average molecular weight is 409 g/mol. The van der Waals surface area contributed by atoms with Gasteiger partial charge >= 0.3 is 0 Å². The largest absolute Gasteiger partial charge is 0.368 e. The number of hydrogen-bond donors (Lipinski definition) is 1. The first-order valence-corrected chi connectivity index (χ1v) is 7.88. The molecule has 0 aliphatic carbocycles. The normalized spacial score (nSPS) is 21.0. The minimum atomic E-state index is 0.591. The van der Waals surface area contributed by atoms with Crippen LogP contribution in [0.5, 0.6) is 0 Å². The molecule has 0 radical (unpaired) electrons. The second-order valence-electron chi connectivity index (χ2n) is 4.85. The first-order valence-electron chi connectivity index (χ1n) is 6.01. The Bertz CT molecular complexity index is 395. The molecule has 1 aliphatic heterocycles. The minimum absolute atomic E-state index is 0.591. The molecule has 2 rings (SSSR count). The summed E-state index contributed by atoms with van der Waals surface area (Å²) in [5, 5.41) is 3.59. The zero-order valence-electron chi connectivity index (χ0n) is 10.2. The molecule has 0 aromatic heterocycles. The summed E-state index contributed by atoms with van der Waals surface area (Å²) in [5.41, 5.74) is 1.32. The summed E-state index contributed by atoms with van der Waals surface area (Å²) in [7, 11) is 0. The van der Waals surface area contributed by atoms with Gasteiger partial charge in [-0.25, -0.2) is 0 Å². The lowest BCUT2D eigenvalue weighted by atomic mass is 10.0.